The molecule has 0 radical (unpaired) electrons. The molecule has 0 aliphatic carbocycles. The molecule has 0 amide bonds. The Balaban J connectivity index is 1.19. The zero-order valence-electron chi connectivity index (χ0n) is 18.9. The van der Waals surface area contributed by atoms with Crippen molar-refractivity contribution < 1.29 is 9.47 Å². The van der Waals surface area contributed by atoms with E-state index in [1.807, 2.05) is 6.07 Å². The smallest absolute Gasteiger partial charge is 0.258 e. The number of anilines is 1. The van der Waals surface area contributed by atoms with Crippen molar-refractivity contribution in [2.45, 2.75) is 12.8 Å². The van der Waals surface area contributed by atoms with Gasteiger partial charge in [0.25, 0.3) is 5.56 Å². The maximum absolute atomic E-state index is 12.6. The van der Waals surface area contributed by atoms with E-state index in [1.165, 1.54) is 5.39 Å². The van der Waals surface area contributed by atoms with Gasteiger partial charge in [0, 0.05) is 44.1 Å². The number of nitrogens with zero attached hydrogens (tertiary/aromatic N) is 4. The van der Waals surface area contributed by atoms with Crippen molar-refractivity contribution >= 4 is 27.6 Å². The third kappa shape index (κ3) is 4.23. The quantitative estimate of drug-likeness (QED) is 0.448. The Labute approximate surface area is 191 Å². The zero-order valence-corrected chi connectivity index (χ0v) is 18.9. The van der Waals surface area contributed by atoms with Crippen LogP contribution < -0.4 is 19.9 Å². The summed E-state index contributed by atoms with van der Waals surface area (Å²) in [6.07, 6.45) is 1.64. The Hall–Kier alpha value is -3.59. The molecule has 9 heteroatoms. The van der Waals surface area contributed by atoms with Crippen LogP contribution in [0.5, 0.6) is 11.5 Å². The van der Waals surface area contributed by atoms with E-state index in [0.29, 0.717) is 34.6 Å². The van der Waals surface area contributed by atoms with Gasteiger partial charge in [0.2, 0.25) is 0 Å². The highest BCUT2D eigenvalue weighted by Crippen LogP contribution is 2.30. The third-order valence-electron chi connectivity index (χ3n) is 6.27. The minimum absolute atomic E-state index is 0.157. The van der Waals surface area contributed by atoms with Gasteiger partial charge >= 0.3 is 0 Å². The van der Waals surface area contributed by atoms with Gasteiger partial charge < -0.3 is 19.4 Å². The van der Waals surface area contributed by atoms with Crippen molar-refractivity contribution in [3.05, 3.63) is 52.6 Å². The highest BCUT2D eigenvalue weighted by Gasteiger charge is 2.20. The number of aromatic nitrogens is 4. The van der Waals surface area contributed by atoms with Crippen LogP contribution in [0.25, 0.3) is 21.8 Å². The lowest BCUT2D eigenvalue weighted by Crippen LogP contribution is -2.46. The summed E-state index contributed by atoms with van der Waals surface area (Å²) in [7, 11) is 3.13. The van der Waals surface area contributed by atoms with Crippen LogP contribution in [0.15, 0.2) is 41.2 Å². The Kier molecular flexibility index (Phi) is 5.87. The molecular weight excluding hydrogens is 420 g/mol. The number of benzene rings is 2. The van der Waals surface area contributed by atoms with Crippen molar-refractivity contribution in [3.8, 4) is 11.5 Å². The molecule has 2 aromatic heterocycles. The first kappa shape index (κ1) is 21.3. The van der Waals surface area contributed by atoms with E-state index in [9.17, 15) is 4.79 Å². The number of fused-ring (bicyclic) bond motifs is 2. The minimum atomic E-state index is -0.157. The monoisotopic (exact) mass is 448 g/mol. The Morgan fingerprint density at radius 1 is 1.00 bits per heavy atom. The van der Waals surface area contributed by atoms with Crippen LogP contribution in [0.4, 0.5) is 5.82 Å². The maximum atomic E-state index is 12.6. The number of ether oxygens (including phenoxy) is 2. The third-order valence-corrected chi connectivity index (χ3v) is 6.27. The van der Waals surface area contributed by atoms with Crippen LogP contribution in [0.3, 0.4) is 0 Å². The summed E-state index contributed by atoms with van der Waals surface area (Å²) < 4.78 is 10.6. The van der Waals surface area contributed by atoms with Crippen LogP contribution in [0, 0.1) is 0 Å². The van der Waals surface area contributed by atoms with Gasteiger partial charge in [-0.25, -0.2) is 4.98 Å². The van der Waals surface area contributed by atoms with E-state index in [-0.39, 0.29) is 5.56 Å². The van der Waals surface area contributed by atoms with Crippen molar-refractivity contribution in [3.63, 3.8) is 0 Å². The van der Waals surface area contributed by atoms with Crippen LogP contribution in [0.2, 0.25) is 0 Å². The topological polar surface area (TPSA) is 99.4 Å². The van der Waals surface area contributed by atoms with Crippen molar-refractivity contribution in [1.29, 1.82) is 0 Å². The molecule has 0 bridgehead atoms. The second-order valence-electron chi connectivity index (χ2n) is 8.26. The molecule has 172 valence electrons. The fourth-order valence-electron chi connectivity index (χ4n) is 4.48. The lowest BCUT2D eigenvalue weighted by atomic mass is 10.2. The number of aryl methyl sites for hydroxylation is 1. The predicted molar refractivity (Wildman–Crippen MR) is 129 cm³/mol. The average Bonchev–Trinajstić information content (AvgIpc) is 3.28. The molecule has 2 N–H and O–H groups in total. The first-order chi connectivity index (χ1) is 16.2. The molecule has 0 saturated carbocycles. The van der Waals surface area contributed by atoms with Crippen LogP contribution in [-0.4, -0.2) is 72.0 Å². The maximum Gasteiger partial charge on any atom is 0.258 e. The SMILES string of the molecule is COc1cc2nc(CCCN3CCN(c4n[nH]c5ccccc45)CC3)[nH]c(=O)c2cc1OC. The molecule has 4 aromatic rings. The molecule has 1 saturated heterocycles. The van der Waals surface area contributed by atoms with E-state index in [0.717, 1.165) is 50.5 Å². The fourth-order valence-corrected chi connectivity index (χ4v) is 4.48. The van der Waals surface area contributed by atoms with E-state index in [4.69, 9.17) is 9.47 Å². The number of hydrogen-bond acceptors (Lipinski definition) is 7. The van der Waals surface area contributed by atoms with Crippen LogP contribution in [0.1, 0.15) is 12.2 Å². The number of H-pyrrole nitrogens is 2. The highest BCUT2D eigenvalue weighted by atomic mass is 16.5. The van der Waals surface area contributed by atoms with E-state index >= 15 is 0 Å². The number of hydrogen-bond donors (Lipinski definition) is 2. The first-order valence-electron chi connectivity index (χ1n) is 11.2. The summed E-state index contributed by atoms with van der Waals surface area (Å²) in [5.74, 6) is 2.82. The summed E-state index contributed by atoms with van der Waals surface area (Å²) >= 11 is 0. The molecule has 3 heterocycles. The van der Waals surface area contributed by atoms with Gasteiger partial charge in [0.15, 0.2) is 17.3 Å². The summed E-state index contributed by atoms with van der Waals surface area (Å²) in [4.78, 5) is 24.9. The Bertz CT molecular complexity index is 1320. The number of methoxy groups -OCH3 is 2. The van der Waals surface area contributed by atoms with Crippen molar-refractivity contribution in [1.82, 2.24) is 25.1 Å². The number of para-hydroxylation sites is 1. The first-order valence-corrected chi connectivity index (χ1v) is 11.2. The van der Waals surface area contributed by atoms with Crippen molar-refractivity contribution in [2.75, 3.05) is 51.8 Å². The summed E-state index contributed by atoms with van der Waals surface area (Å²) in [6, 6.07) is 11.7. The predicted octanol–water partition coefficient (Wildman–Crippen LogP) is 2.57. The number of aromatic amines is 2. The number of nitrogens with one attached hydrogen (secondary N) is 2. The number of piperazine rings is 1. The lowest BCUT2D eigenvalue weighted by Gasteiger charge is -2.35. The Morgan fingerprint density at radius 3 is 2.55 bits per heavy atom. The highest BCUT2D eigenvalue weighted by molar-refractivity contribution is 5.90. The second kappa shape index (κ2) is 9.11. The minimum Gasteiger partial charge on any atom is -0.493 e. The van der Waals surface area contributed by atoms with Gasteiger partial charge in [-0.15, -0.1) is 0 Å². The molecule has 9 nitrogen and oxygen atoms in total. The molecule has 1 fully saturated rings. The van der Waals surface area contributed by atoms with E-state index in [2.05, 4.69) is 48.2 Å². The van der Waals surface area contributed by atoms with E-state index in [1.54, 1.807) is 26.4 Å². The van der Waals surface area contributed by atoms with Gasteiger partial charge in [-0.05, 0) is 31.2 Å². The van der Waals surface area contributed by atoms with Crippen LogP contribution in [-0.2, 0) is 6.42 Å². The molecular formula is C24H28N6O3. The van der Waals surface area contributed by atoms with Gasteiger partial charge in [-0.3, -0.25) is 14.8 Å². The fraction of sp³-hybridized carbons (Fsp3) is 0.375. The summed E-state index contributed by atoms with van der Waals surface area (Å²) in [5, 5.41) is 9.32. The lowest BCUT2D eigenvalue weighted by molar-refractivity contribution is 0.254. The molecule has 0 unspecified atom stereocenters. The molecule has 1 aliphatic rings. The standard InChI is InChI=1S/C24H28N6O3/c1-32-20-14-17-19(15-21(20)33-2)25-22(26-24(17)31)8-5-9-29-10-12-30(13-11-29)23-16-6-3-4-7-18(16)27-28-23/h3-4,6-7,14-15H,5,8-13H2,1-2H3,(H,27,28)(H,25,26,31). The molecule has 33 heavy (non-hydrogen) atoms. The normalized spacial score (nSPS) is 14.8. The average molecular weight is 449 g/mol. The summed E-state index contributed by atoms with van der Waals surface area (Å²) in [6.45, 7) is 4.82. The second-order valence-corrected chi connectivity index (χ2v) is 8.26. The summed E-state index contributed by atoms with van der Waals surface area (Å²) in [5.41, 5.74) is 1.53. The van der Waals surface area contributed by atoms with Gasteiger partial charge in [-0.2, -0.15) is 5.10 Å². The molecule has 5 rings (SSSR count). The van der Waals surface area contributed by atoms with Gasteiger partial charge in [0.05, 0.1) is 30.6 Å². The largest absolute Gasteiger partial charge is 0.493 e. The molecule has 0 spiro atoms. The zero-order chi connectivity index (χ0) is 22.8. The van der Waals surface area contributed by atoms with Gasteiger partial charge in [0.1, 0.15) is 5.82 Å². The van der Waals surface area contributed by atoms with Gasteiger partial charge in [-0.1, -0.05) is 12.1 Å². The van der Waals surface area contributed by atoms with Crippen LogP contribution >= 0.6 is 0 Å². The number of rotatable bonds is 7. The Morgan fingerprint density at radius 2 is 1.76 bits per heavy atom. The molecule has 2 aromatic carbocycles. The van der Waals surface area contributed by atoms with Crippen molar-refractivity contribution in [2.24, 2.45) is 0 Å². The van der Waals surface area contributed by atoms with E-state index < -0.39 is 0 Å². The molecule has 0 atom stereocenters. The molecule has 1 aliphatic heterocycles.